The Balaban J connectivity index is 1.68. The summed E-state index contributed by atoms with van der Waals surface area (Å²) in [5.74, 6) is -3.06. The van der Waals surface area contributed by atoms with Crippen LogP contribution in [0, 0.1) is 23.3 Å². The van der Waals surface area contributed by atoms with Crippen LogP contribution in [0.4, 0.5) is 23.2 Å². The summed E-state index contributed by atoms with van der Waals surface area (Å²) in [6, 6.07) is 5.53. The van der Waals surface area contributed by atoms with Gasteiger partial charge in [0, 0.05) is 24.1 Å². The molecule has 2 aromatic carbocycles. The lowest BCUT2D eigenvalue weighted by molar-refractivity contribution is 0.246. The van der Waals surface area contributed by atoms with Crippen LogP contribution >= 0.6 is 0 Å². The quantitative estimate of drug-likeness (QED) is 0.689. The highest BCUT2D eigenvalue weighted by molar-refractivity contribution is 5.46. The lowest BCUT2D eigenvalue weighted by Crippen LogP contribution is -2.24. The standard InChI is InChI=1S/C15H11F4NO/c16-9-1-2-14-8(3-9)4-11(21-14)7-20-13-6-10(17)5-12(18)15(13)19/h1-3,5-6,11,20H,4,7H2. The number of anilines is 1. The van der Waals surface area contributed by atoms with E-state index in [0.717, 1.165) is 6.07 Å². The fraction of sp³-hybridized carbons (Fsp3) is 0.200. The summed E-state index contributed by atoms with van der Waals surface area (Å²) >= 11 is 0. The lowest BCUT2D eigenvalue weighted by Gasteiger charge is -2.13. The Hall–Kier alpha value is -2.24. The van der Waals surface area contributed by atoms with Crippen LogP contribution < -0.4 is 10.1 Å². The number of rotatable bonds is 3. The summed E-state index contributed by atoms with van der Waals surface area (Å²) in [4.78, 5) is 0. The first-order valence-corrected chi connectivity index (χ1v) is 6.36. The van der Waals surface area contributed by atoms with Crippen molar-refractivity contribution < 1.29 is 22.3 Å². The van der Waals surface area contributed by atoms with Gasteiger partial charge in [-0.1, -0.05) is 0 Å². The molecule has 1 aliphatic rings. The minimum atomic E-state index is -1.25. The molecule has 0 aliphatic carbocycles. The number of halogens is 4. The van der Waals surface area contributed by atoms with Crippen molar-refractivity contribution in [1.29, 1.82) is 0 Å². The summed E-state index contributed by atoms with van der Waals surface area (Å²) in [5.41, 5.74) is 0.450. The van der Waals surface area contributed by atoms with Crippen molar-refractivity contribution in [2.75, 3.05) is 11.9 Å². The number of hydrogen-bond donors (Lipinski definition) is 1. The Kier molecular flexibility index (Phi) is 3.45. The molecule has 0 fully saturated rings. The molecule has 0 bridgehead atoms. The van der Waals surface area contributed by atoms with E-state index in [1.165, 1.54) is 18.2 Å². The van der Waals surface area contributed by atoms with Crippen LogP contribution in [-0.4, -0.2) is 12.6 Å². The van der Waals surface area contributed by atoms with E-state index in [-0.39, 0.29) is 24.2 Å². The molecule has 0 aromatic heterocycles. The van der Waals surface area contributed by atoms with Crippen LogP contribution in [0.3, 0.4) is 0 Å². The van der Waals surface area contributed by atoms with Crippen molar-refractivity contribution in [2.45, 2.75) is 12.5 Å². The molecule has 1 aliphatic heterocycles. The van der Waals surface area contributed by atoms with Crippen molar-refractivity contribution in [3.63, 3.8) is 0 Å². The number of nitrogens with one attached hydrogen (secondary N) is 1. The molecular weight excluding hydrogens is 286 g/mol. The molecule has 1 unspecified atom stereocenters. The van der Waals surface area contributed by atoms with Crippen LogP contribution in [0.5, 0.6) is 5.75 Å². The maximum Gasteiger partial charge on any atom is 0.182 e. The van der Waals surface area contributed by atoms with Gasteiger partial charge in [0.05, 0.1) is 12.2 Å². The number of benzene rings is 2. The summed E-state index contributed by atoms with van der Waals surface area (Å²) in [7, 11) is 0. The third-order valence-electron chi connectivity index (χ3n) is 3.28. The fourth-order valence-electron chi connectivity index (χ4n) is 2.31. The van der Waals surface area contributed by atoms with Crippen molar-refractivity contribution in [3.05, 3.63) is 59.2 Å². The van der Waals surface area contributed by atoms with E-state index in [9.17, 15) is 17.6 Å². The van der Waals surface area contributed by atoms with Crippen molar-refractivity contribution in [1.82, 2.24) is 0 Å². The monoisotopic (exact) mass is 297 g/mol. The first-order valence-electron chi connectivity index (χ1n) is 6.36. The number of fused-ring (bicyclic) bond motifs is 1. The van der Waals surface area contributed by atoms with Gasteiger partial charge in [0.15, 0.2) is 11.6 Å². The van der Waals surface area contributed by atoms with Crippen LogP contribution in [-0.2, 0) is 6.42 Å². The van der Waals surface area contributed by atoms with Crippen LogP contribution in [0.1, 0.15) is 5.56 Å². The van der Waals surface area contributed by atoms with Gasteiger partial charge in [-0.05, 0) is 18.2 Å². The van der Waals surface area contributed by atoms with Gasteiger partial charge in [-0.15, -0.1) is 0 Å². The SMILES string of the molecule is Fc1ccc2c(c1)CC(CNc1cc(F)cc(F)c1F)O2. The van der Waals surface area contributed by atoms with Crippen LogP contribution in [0.2, 0.25) is 0 Å². The second kappa shape index (κ2) is 5.27. The largest absolute Gasteiger partial charge is 0.488 e. The molecule has 6 heteroatoms. The molecule has 2 aromatic rings. The second-order valence-corrected chi connectivity index (χ2v) is 4.83. The van der Waals surface area contributed by atoms with Crippen molar-refractivity contribution in [3.8, 4) is 5.75 Å². The summed E-state index contributed by atoms with van der Waals surface area (Å²) in [5, 5.41) is 2.61. The van der Waals surface area contributed by atoms with Gasteiger partial charge in [0.25, 0.3) is 0 Å². The van der Waals surface area contributed by atoms with Gasteiger partial charge in [-0.25, -0.2) is 17.6 Å². The molecule has 2 nitrogen and oxygen atoms in total. The minimum Gasteiger partial charge on any atom is -0.488 e. The topological polar surface area (TPSA) is 21.3 Å². The van der Waals surface area contributed by atoms with E-state index in [2.05, 4.69) is 5.32 Å². The molecule has 110 valence electrons. The Morgan fingerprint density at radius 2 is 1.86 bits per heavy atom. The Morgan fingerprint density at radius 3 is 2.67 bits per heavy atom. The predicted molar refractivity (Wildman–Crippen MR) is 69.3 cm³/mol. The van der Waals surface area contributed by atoms with Crippen molar-refractivity contribution in [2.24, 2.45) is 0 Å². The molecule has 0 saturated carbocycles. The van der Waals surface area contributed by atoms with Crippen molar-refractivity contribution >= 4 is 5.69 Å². The molecule has 1 N–H and O–H groups in total. The van der Waals surface area contributed by atoms with Gasteiger partial charge >= 0.3 is 0 Å². The molecule has 0 amide bonds. The Bertz CT molecular complexity index is 690. The van der Waals surface area contributed by atoms with Crippen LogP contribution in [0.25, 0.3) is 0 Å². The molecule has 1 heterocycles. The first-order chi connectivity index (χ1) is 10.0. The maximum absolute atomic E-state index is 13.5. The Morgan fingerprint density at radius 1 is 1.05 bits per heavy atom. The lowest BCUT2D eigenvalue weighted by atomic mass is 10.1. The van der Waals surface area contributed by atoms with E-state index in [0.29, 0.717) is 23.8 Å². The number of ether oxygens (including phenoxy) is 1. The molecular formula is C15H11F4NO. The van der Waals surface area contributed by atoms with Gasteiger partial charge in [0.2, 0.25) is 0 Å². The highest BCUT2D eigenvalue weighted by atomic mass is 19.2. The highest BCUT2D eigenvalue weighted by Gasteiger charge is 2.23. The van der Waals surface area contributed by atoms with Crippen LogP contribution in [0.15, 0.2) is 30.3 Å². The molecule has 0 spiro atoms. The molecule has 3 rings (SSSR count). The predicted octanol–water partition coefficient (Wildman–Crippen LogP) is 3.66. The average Bonchev–Trinajstić information content (AvgIpc) is 2.83. The fourth-order valence-corrected chi connectivity index (χ4v) is 2.31. The zero-order valence-electron chi connectivity index (χ0n) is 10.8. The first kappa shape index (κ1) is 13.7. The van der Waals surface area contributed by atoms with Gasteiger partial charge in [-0.2, -0.15) is 0 Å². The third kappa shape index (κ3) is 2.79. The van der Waals surface area contributed by atoms with Gasteiger partial charge in [0.1, 0.15) is 23.5 Å². The second-order valence-electron chi connectivity index (χ2n) is 4.83. The normalized spacial score (nSPS) is 16.5. The minimum absolute atomic E-state index is 0.149. The average molecular weight is 297 g/mol. The molecule has 0 radical (unpaired) electrons. The van der Waals surface area contributed by atoms with E-state index in [1.807, 2.05) is 0 Å². The summed E-state index contributed by atoms with van der Waals surface area (Å²) in [6.07, 6.45) is 0.0898. The smallest absolute Gasteiger partial charge is 0.182 e. The third-order valence-corrected chi connectivity index (χ3v) is 3.28. The molecule has 1 atom stereocenters. The zero-order valence-corrected chi connectivity index (χ0v) is 10.8. The molecule has 21 heavy (non-hydrogen) atoms. The zero-order chi connectivity index (χ0) is 15.0. The van der Waals surface area contributed by atoms with E-state index in [1.54, 1.807) is 0 Å². The highest BCUT2D eigenvalue weighted by Crippen LogP contribution is 2.29. The maximum atomic E-state index is 13.5. The number of hydrogen-bond acceptors (Lipinski definition) is 2. The molecule has 0 saturated heterocycles. The van der Waals surface area contributed by atoms with E-state index < -0.39 is 17.5 Å². The summed E-state index contributed by atoms with van der Waals surface area (Å²) < 4.78 is 58.2. The van der Waals surface area contributed by atoms with E-state index >= 15 is 0 Å². The van der Waals surface area contributed by atoms with Gasteiger partial charge < -0.3 is 10.1 Å². The van der Waals surface area contributed by atoms with Gasteiger partial charge in [-0.3, -0.25) is 0 Å². The Labute approximate surface area is 118 Å². The van der Waals surface area contributed by atoms with E-state index in [4.69, 9.17) is 4.74 Å². The summed E-state index contributed by atoms with van der Waals surface area (Å²) in [6.45, 7) is 0.149.